The molecule has 0 saturated carbocycles. The molecule has 0 radical (unpaired) electrons. The van der Waals surface area contributed by atoms with E-state index in [1.54, 1.807) is 0 Å². The maximum absolute atomic E-state index is 5.76. The quantitative estimate of drug-likeness (QED) is 0.551. The van der Waals surface area contributed by atoms with Crippen molar-refractivity contribution in [2.75, 3.05) is 19.8 Å². The molecule has 0 saturated heterocycles. The summed E-state index contributed by atoms with van der Waals surface area (Å²) in [4.78, 5) is 0. The van der Waals surface area contributed by atoms with Crippen molar-refractivity contribution in [3.63, 3.8) is 0 Å². The Kier molecular flexibility index (Phi) is 7.60. The SMILES string of the molecule is C=CCCOc1c(Br)cc(CNCC)cc1OCC. The molecule has 0 aliphatic heterocycles. The molecule has 0 fully saturated rings. The van der Waals surface area contributed by atoms with Crippen LogP contribution in [0.3, 0.4) is 0 Å². The summed E-state index contributed by atoms with van der Waals surface area (Å²) < 4.78 is 12.3. The second-order valence-corrected chi connectivity index (χ2v) is 4.90. The maximum atomic E-state index is 5.76. The third-order valence-electron chi connectivity index (χ3n) is 2.52. The normalized spacial score (nSPS) is 10.3. The highest BCUT2D eigenvalue weighted by Crippen LogP contribution is 2.37. The number of hydrogen-bond acceptors (Lipinski definition) is 3. The molecule has 0 unspecified atom stereocenters. The molecule has 3 nitrogen and oxygen atoms in total. The summed E-state index contributed by atoms with van der Waals surface area (Å²) in [6.07, 6.45) is 2.66. The van der Waals surface area contributed by atoms with Gasteiger partial charge in [0.1, 0.15) is 0 Å². The van der Waals surface area contributed by atoms with E-state index in [1.807, 2.05) is 19.1 Å². The van der Waals surface area contributed by atoms with Crippen molar-refractivity contribution in [3.05, 3.63) is 34.8 Å². The van der Waals surface area contributed by atoms with E-state index < -0.39 is 0 Å². The Labute approximate surface area is 124 Å². The third kappa shape index (κ3) is 5.25. The zero-order chi connectivity index (χ0) is 14.1. The highest BCUT2D eigenvalue weighted by Gasteiger charge is 2.11. The monoisotopic (exact) mass is 327 g/mol. The van der Waals surface area contributed by atoms with Crippen molar-refractivity contribution in [2.45, 2.75) is 26.8 Å². The second-order valence-electron chi connectivity index (χ2n) is 4.04. The number of rotatable bonds is 9. The lowest BCUT2D eigenvalue weighted by Crippen LogP contribution is -2.12. The Morgan fingerprint density at radius 1 is 1.32 bits per heavy atom. The first-order valence-electron chi connectivity index (χ1n) is 6.62. The summed E-state index contributed by atoms with van der Waals surface area (Å²) in [5, 5.41) is 3.30. The van der Waals surface area contributed by atoms with Gasteiger partial charge in [-0.25, -0.2) is 0 Å². The van der Waals surface area contributed by atoms with Crippen molar-refractivity contribution in [2.24, 2.45) is 0 Å². The van der Waals surface area contributed by atoms with Gasteiger partial charge in [0.2, 0.25) is 0 Å². The number of nitrogens with one attached hydrogen (secondary N) is 1. The highest BCUT2D eigenvalue weighted by molar-refractivity contribution is 9.10. The fourth-order valence-corrected chi connectivity index (χ4v) is 2.24. The molecule has 0 atom stereocenters. The van der Waals surface area contributed by atoms with E-state index in [-0.39, 0.29) is 0 Å². The van der Waals surface area contributed by atoms with Crippen molar-refractivity contribution in [3.8, 4) is 11.5 Å². The lowest BCUT2D eigenvalue weighted by Gasteiger charge is -2.15. The van der Waals surface area contributed by atoms with Crippen LogP contribution in [-0.2, 0) is 6.54 Å². The van der Waals surface area contributed by atoms with Gasteiger partial charge in [0.15, 0.2) is 11.5 Å². The summed E-state index contributed by atoms with van der Waals surface area (Å²) >= 11 is 3.55. The fourth-order valence-electron chi connectivity index (χ4n) is 1.64. The van der Waals surface area contributed by atoms with E-state index in [4.69, 9.17) is 9.47 Å². The molecule has 1 aromatic carbocycles. The first-order chi connectivity index (χ1) is 9.22. The lowest BCUT2D eigenvalue weighted by molar-refractivity contribution is 0.279. The van der Waals surface area contributed by atoms with Gasteiger partial charge < -0.3 is 14.8 Å². The summed E-state index contributed by atoms with van der Waals surface area (Å²) in [7, 11) is 0. The predicted octanol–water partition coefficient (Wildman–Crippen LogP) is 3.91. The minimum absolute atomic E-state index is 0.606. The van der Waals surface area contributed by atoms with Crippen molar-refractivity contribution >= 4 is 15.9 Å². The van der Waals surface area contributed by atoms with Crippen LogP contribution in [0.5, 0.6) is 11.5 Å². The Morgan fingerprint density at radius 2 is 2.11 bits per heavy atom. The van der Waals surface area contributed by atoms with Crippen molar-refractivity contribution in [1.29, 1.82) is 0 Å². The van der Waals surface area contributed by atoms with Gasteiger partial charge in [-0.2, -0.15) is 0 Å². The van der Waals surface area contributed by atoms with E-state index in [0.29, 0.717) is 13.2 Å². The molecule has 0 amide bonds. The van der Waals surface area contributed by atoms with Crippen LogP contribution in [0, 0.1) is 0 Å². The molecule has 19 heavy (non-hydrogen) atoms. The minimum Gasteiger partial charge on any atom is -0.490 e. The average Bonchev–Trinajstić information content (AvgIpc) is 2.40. The van der Waals surface area contributed by atoms with Gasteiger partial charge in [0.05, 0.1) is 17.7 Å². The molecule has 0 heterocycles. The van der Waals surface area contributed by atoms with Crippen LogP contribution in [0.1, 0.15) is 25.8 Å². The number of ether oxygens (including phenoxy) is 2. The van der Waals surface area contributed by atoms with Crippen LogP contribution in [0.25, 0.3) is 0 Å². The lowest BCUT2D eigenvalue weighted by atomic mass is 10.2. The Balaban J connectivity index is 2.90. The van der Waals surface area contributed by atoms with Crippen LogP contribution < -0.4 is 14.8 Å². The van der Waals surface area contributed by atoms with Gasteiger partial charge in [-0.3, -0.25) is 0 Å². The van der Waals surface area contributed by atoms with Gasteiger partial charge in [0, 0.05) is 6.54 Å². The van der Waals surface area contributed by atoms with E-state index in [2.05, 4.69) is 40.8 Å². The molecular weight excluding hydrogens is 306 g/mol. The summed E-state index contributed by atoms with van der Waals surface area (Å²) in [5.74, 6) is 1.55. The average molecular weight is 328 g/mol. The molecule has 106 valence electrons. The van der Waals surface area contributed by atoms with E-state index in [0.717, 1.165) is 35.5 Å². The van der Waals surface area contributed by atoms with Crippen LogP contribution in [0.15, 0.2) is 29.3 Å². The first-order valence-corrected chi connectivity index (χ1v) is 7.41. The fraction of sp³-hybridized carbons (Fsp3) is 0.467. The zero-order valence-electron chi connectivity index (χ0n) is 11.7. The molecule has 0 aliphatic rings. The van der Waals surface area contributed by atoms with E-state index in [1.165, 1.54) is 5.56 Å². The number of halogens is 1. The highest BCUT2D eigenvalue weighted by atomic mass is 79.9. The Bertz CT molecular complexity index is 407. The van der Waals surface area contributed by atoms with Crippen molar-refractivity contribution in [1.82, 2.24) is 5.32 Å². The molecule has 4 heteroatoms. The van der Waals surface area contributed by atoms with Crippen LogP contribution in [0.2, 0.25) is 0 Å². The van der Waals surface area contributed by atoms with Gasteiger partial charge in [-0.1, -0.05) is 13.0 Å². The van der Waals surface area contributed by atoms with E-state index in [9.17, 15) is 0 Å². The summed E-state index contributed by atoms with van der Waals surface area (Å²) in [5.41, 5.74) is 1.17. The molecule has 1 rings (SSSR count). The smallest absolute Gasteiger partial charge is 0.175 e. The molecule has 1 N–H and O–H groups in total. The van der Waals surface area contributed by atoms with Gasteiger partial charge in [-0.05, 0) is 53.5 Å². The van der Waals surface area contributed by atoms with Crippen LogP contribution >= 0.6 is 15.9 Å². The molecule has 1 aromatic rings. The number of hydrogen-bond donors (Lipinski definition) is 1. The predicted molar refractivity (Wildman–Crippen MR) is 83.0 cm³/mol. The molecule has 0 spiro atoms. The zero-order valence-corrected chi connectivity index (χ0v) is 13.3. The standard InChI is InChI=1S/C15H22BrNO2/c1-4-7-8-19-15-13(16)9-12(11-17-5-2)10-14(15)18-6-3/h4,9-10,17H,1,5-8,11H2,2-3H3. The molecule has 0 aliphatic carbocycles. The summed E-state index contributed by atoms with van der Waals surface area (Å²) in [6, 6.07) is 4.09. The van der Waals surface area contributed by atoms with Gasteiger partial charge in [-0.15, -0.1) is 6.58 Å². The number of benzene rings is 1. The first kappa shape index (κ1) is 16.1. The molecular formula is C15H22BrNO2. The second kappa shape index (κ2) is 8.99. The Hall–Kier alpha value is -1.00. The topological polar surface area (TPSA) is 30.5 Å². The minimum atomic E-state index is 0.606. The molecule has 0 aromatic heterocycles. The van der Waals surface area contributed by atoms with Crippen LogP contribution in [0.4, 0.5) is 0 Å². The van der Waals surface area contributed by atoms with E-state index >= 15 is 0 Å². The third-order valence-corrected chi connectivity index (χ3v) is 3.11. The Morgan fingerprint density at radius 3 is 2.74 bits per heavy atom. The maximum Gasteiger partial charge on any atom is 0.175 e. The van der Waals surface area contributed by atoms with Crippen molar-refractivity contribution < 1.29 is 9.47 Å². The molecule has 0 bridgehead atoms. The largest absolute Gasteiger partial charge is 0.490 e. The van der Waals surface area contributed by atoms with Crippen LogP contribution in [-0.4, -0.2) is 19.8 Å². The van der Waals surface area contributed by atoms with Gasteiger partial charge in [0.25, 0.3) is 0 Å². The van der Waals surface area contributed by atoms with Gasteiger partial charge >= 0.3 is 0 Å². The summed E-state index contributed by atoms with van der Waals surface area (Å²) in [6.45, 7) is 10.7.